The van der Waals surface area contributed by atoms with E-state index in [0.717, 1.165) is 38.7 Å². The Kier molecular flexibility index (Phi) is 14.1. The van der Waals surface area contributed by atoms with E-state index in [1.165, 1.54) is 18.4 Å². The van der Waals surface area contributed by atoms with Gasteiger partial charge in [0.05, 0.1) is 0 Å². The highest BCUT2D eigenvalue weighted by atomic mass is 28.4. The van der Waals surface area contributed by atoms with Crippen molar-refractivity contribution >= 4 is 14.6 Å². The fraction of sp³-hybridized carbons (Fsp3) is 0.565. The molecule has 0 aliphatic carbocycles. The van der Waals surface area contributed by atoms with E-state index in [4.69, 9.17) is 13.6 Å². The van der Waals surface area contributed by atoms with Crippen LogP contribution in [0.3, 0.4) is 0 Å². The van der Waals surface area contributed by atoms with Crippen molar-refractivity contribution in [3.63, 3.8) is 0 Å². The summed E-state index contributed by atoms with van der Waals surface area (Å²) in [4.78, 5) is 0. The largest absolute Gasteiger partial charge is 0.393 e. The zero-order chi connectivity index (χ0) is 20.6. The maximum Gasteiger partial charge on any atom is 0.371 e. The van der Waals surface area contributed by atoms with Crippen LogP contribution >= 0.6 is 0 Å². The molecular formula is C23H40O3Si. The molecule has 0 radical (unpaired) electrons. The number of rotatable bonds is 8. The lowest BCUT2D eigenvalue weighted by Crippen LogP contribution is -2.65. The van der Waals surface area contributed by atoms with Gasteiger partial charge in [0.1, 0.15) is 5.22 Å². The summed E-state index contributed by atoms with van der Waals surface area (Å²) in [5.74, 6) is 0. The van der Waals surface area contributed by atoms with E-state index in [9.17, 15) is 0 Å². The van der Waals surface area contributed by atoms with Gasteiger partial charge in [-0.2, -0.15) is 0 Å². The van der Waals surface area contributed by atoms with Crippen molar-refractivity contribution in [3.05, 3.63) is 55.6 Å². The lowest BCUT2D eigenvalue weighted by atomic mass is 10.1. The third kappa shape index (κ3) is 7.38. The quantitative estimate of drug-likeness (QED) is 0.371. The number of benzene rings is 1. The molecule has 1 aliphatic heterocycles. The summed E-state index contributed by atoms with van der Waals surface area (Å²) in [6, 6.07) is 11.1. The molecule has 0 N–H and O–H groups in total. The monoisotopic (exact) mass is 392 g/mol. The Morgan fingerprint density at radius 2 is 1.56 bits per heavy atom. The molecule has 1 fully saturated rings. The summed E-state index contributed by atoms with van der Waals surface area (Å²) in [5, 5.41) is -0.119. The van der Waals surface area contributed by atoms with Crippen molar-refractivity contribution < 1.29 is 13.6 Å². The zero-order valence-corrected chi connectivity index (χ0v) is 19.0. The van der Waals surface area contributed by atoms with Crippen LogP contribution < -0.4 is 0 Å². The zero-order valence-electron chi connectivity index (χ0n) is 18.0. The van der Waals surface area contributed by atoms with Gasteiger partial charge in [-0.05, 0) is 45.2 Å². The van der Waals surface area contributed by atoms with E-state index in [2.05, 4.69) is 47.4 Å². The Bertz CT molecular complexity index is 476. The molecule has 3 nitrogen and oxygen atoms in total. The van der Waals surface area contributed by atoms with Gasteiger partial charge < -0.3 is 13.6 Å². The third-order valence-electron chi connectivity index (χ3n) is 4.81. The second-order valence-electron chi connectivity index (χ2n) is 6.22. The fourth-order valence-electron chi connectivity index (χ4n) is 3.70. The molecule has 1 unspecified atom stereocenters. The van der Waals surface area contributed by atoms with Crippen molar-refractivity contribution in [2.75, 3.05) is 19.8 Å². The molecule has 1 aromatic rings. The Hall–Kier alpha value is -1.20. The highest BCUT2D eigenvalue weighted by Crippen LogP contribution is 2.42. The van der Waals surface area contributed by atoms with Crippen LogP contribution in [0.15, 0.2) is 50.1 Å². The number of hydrogen-bond donors (Lipinski definition) is 0. The maximum atomic E-state index is 6.16. The van der Waals surface area contributed by atoms with Gasteiger partial charge in [-0.25, -0.2) is 0 Å². The van der Waals surface area contributed by atoms with Crippen LogP contribution in [0.5, 0.6) is 0 Å². The van der Waals surface area contributed by atoms with Crippen LogP contribution in [0.4, 0.5) is 0 Å². The lowest BCUT2D eigenvalue weighted by molar-refractivity contribution is -0.0426. The minimum Gasteiger partial charge on any atom is -0.393 e. The number of ether oxygens (including phenoxy) is 1. The standard InChI is InChI=1S/C13H28O3Si.C8H8.C2H4/c1-5-13(14-6-2)11-9-10-12-17(13,15-7-3)16-8-4;1-2-8-6-4-3-5-7-8;1-2/h5-12H2,1-4H3;2-7H,1H2;1-2H2. The molecule has 27 heavy (non-hydrogen) atoms. The fourth-order valence-corrected chi connectivity index (χ4v) is 8.16. The third-order valence-corrected chi connectivity index (χ3v) is 9.47. The summed E-state index contributed by atoms with van der Waals surface area (Å²) >= 11 is 0. The van der Waals surface area contributed by atoms with Gasteiger partial charge in [0.2, 0.25) is 0 Å². The van der Waals surface area contributed by atoms with Crippen molar-refractivity contribution in [2.24, 2.45) is 0 Å². The molecule has 0 amide bonds. The lowest BCUT2D eigenvalue weighted by Gasteiger charge is -2.49. The van der Waals surface area contributed by atoms with Gasteiger partial charge in [-0.15, -0.1) is 13.2 Å². The van der Waals surface area contributed by atoms with Crippen molar-refractivity contribution in [3.8, 4) is 0 Å². The van der Waals surface area contributed by atoms with Gasteiger partial charge >= 0.3 is 8.56 Å². The van der Waals surface area contributed by atoms with E-state index in [1.54, 1.807) is 0 Å². The second kappa shape index (κ2) is 14.8. The highest BCUT2D eigenvalue weighted by molar-refractivity contribution is 6.70. The van der Waals surface area contributed by atoms with E-state index in [-0.39, 0.29) is 5.22 Å². The van der Waals surface area contributed by atoms with Crippen molar-refractivity contribution in [2.45, 2.75) is 64.6 Å². The van der Waals surface area contributed by atoms with E-state index < -0.39 is 8.56 Å². The Morgan fingerprint density at radius 1 is 0.963 bits per heavy atom. The molecule has 1 atom stereocenters. The maximum absolute atomic E-state index is 6.16. The first-order chi connectivity index (χ1) is 13.1. The molecule has 154 valence electrons. The molecule has 1 aliphatic rings. The summed E-state index contributed by atoms with van der Waals surface area (Å²) in [6.45, 7) is 20.3. The van der Waals surface area contributed by atoms with Crippen molar-refractivity contribution in [1.82, 2.24) is 0 Å². The summed E-state index contributed by atoms with van der Waals surface area (Å²) in [7, 11) is -2.21. The summed E-state index contributed by atoms with van der Waals surface area (Å²) in [6.07, 6.45) is 6.40. The molecular weight excluding hydrogens is 352 g/mol. The van der Waals surface area contributed by atoms with Crippen LogP contribution in [-0.4, -0.2) is 33.6 Å². The average Bonchev–Trinajstić information content (AvgIpc) is 2.73. The first-order valence-corrected chi connectivity index (χ1v) is 12.2. The molecule has 0 aromatic heterocycles. The first kappa shape index (κ1) is 25.8. The van der Waals surface area contributed by atoms with Crippen LogP contribution in [0.1, 0.15) is 58.9 Å². The van der Waals surface area contributed by atoms with Gasteiger partial charge in [-0.3, -0.25) is 0 Å². The minimum absolute atomic E-state index is 0.119. The van der Waals surface area contributed by atoms with E-state index in [1.807, 2.05) is 36.4 Å². The van der Waals surface area contributed by atoms with Crippen molar-refractivity contribution in [1.29, 1.82) is 0 Å². The smallest absolute Gasteiger partial charge is 0.371 e. The first-order valence-electron chi connectivity index (χ1n) is 10.2. The van der Waals surface area contributed by atoms with Gasteiger partial charge in [0.15, 0.2) is 0 Å². The minimum atomic E-state index is -2.21. The molecule has 1 aromatic carbocycles. The predicted molar refractivity (Wildman–Crippen MR) is 120 cm³/mol. The SMILES string of the molecule is C=C.C=Cc1ccccc1.CCOC1(CC)CCCC[Si]1(OCC)OCC. The van der Waals surface area contributed by atoms with E-state index in [0.29, 0.717) is 0 Å². The Labute approximate surface area is 168 Å². The van der Waals surface area contributed by atoms with Gasteiger partial charge in [0, 0.05) is 19.8 Å². The molecule has 0 saturated carbocycles. The molecule has 4 heteroatoms. The molecule has 0 spiro atoms. The van der Waals surface area contributed by atoms with Crippen LogP contribution in [0, 0.1) is 0 Å². The number of hydrogen-bond acceptors (Lipinski definition) is 3. The molecule has 2 rings (SSSR count). The van der Waals surface area contributed by atoms with Crippen LogP contribution in [0.2, 0.25) is 6.04 Å². The van der Waals surface area contributed by atoms with Gasteiger partial charge in [-0.1, -0.05) is 62.8 Å². The predicted octanol–water partition coefficient (Wildman–Crippen LogP) is 6.54. The van der Waals surface area contributed by atoms with Crippen LogP contribution in [0.25, 0.3) is 6.08 Å². The molecule has 1 saturated heterocycles. The second-order valence-corrected chi connectivity index (χ2v) is 9.72. The molecule has 1 heterocycles. The molecule has 0 bridgehead atoms. The summed E-state index contributed by atoms with van der Waals surface area (Å²) < 4.78 is 18.5. The summed E-state index contributed by atoms with van der Waals surface area (Å²) in [5.41, 5.74) is 1.17. The topological polar surface area (TPSA) is 27.7 Å². The Morgan fingerprint density at radius 3 is 1.96 bits per heavy atom. The van der Waals surface area contributed by atoms with Crippen LogP contribution in [-0.2, 0) is 13.6 Å². The normalized spacial score (nSPS) is 20.4. The Balaban J connectivity index is 0.000000562. The highest BCUT2D eigenvalue weighted by Gasteiger charge is 2.58. The average molecular weight is 393 g/mol. The van der Waals surface area contributed by atoms with E-state index >= 15 is 0 Å². The van der Waals surface area contributed by atoms with Gasteiger partial charge in [0.25, 0.3) is 0 Å².